The summed E-state index contributed by atoms with van der Waals surface area (Å²) >= 11 is 0. The first kappa shape index (κ1) is 37.7. The Balaban J connectivity index is 1.30. The molecule has 4 rings (SSSR count). The normalized spacial score (nSPS) is 23.6. The molecule has 2 aliphatic heterocycles. The van der Waals surface area contributed by atoms with Crippen molar-refractivity contribution in [2.45, 2.75) is 155 Å². The number of rotatable bonds is 13. The third-order valence-electron chi connectivity index (χ3n) is 12.1. The summed E-state index contributed by atoms with van der Waals surface area (Å²) in [6.07, 6.45) is 8.29. The van der Waals surface area contributed by atoms with Gasteiger partial charge in [-0.25, -0.2) is 0 Å². The fourth-order valence-corrected chi connectivity index (χ4v) is 10.3. The van der Waals surface area contributed by atoms with Gasteiger partial charge in [-0.15, -0.1) is 0 Å². The predicted octanol–water partition coefficient (Wildman–Crippen LogP) is 12.1. The molecule has 0 aliphatic carbocycles. The van der Waals surface area contributed by atoms with Crippen LogP contribution in [0.3, 0.4) is 0 Å². The van der Waals surface area contributed by atoms with Crippen LogP contribution in [0.1, 0.15) is 144 Å². The molecule has 2 fully saturated rings. The van der Waals surface area contributed by atoms with Gasteiger partial charge in [-0.05, 0) is 141 Å². The summed E-state index contributed by atoms with van der Waals surface area (Å²) < 4.78 is 0. The van der Waals surface area contributed by atoms with E-state index in [1.807, 2.05) is 0 Å². The highest BCUT2D eigenvalue weighted by Gasteiger charge is 2.47. The number of nitrogens with zero attached hydrogens (tertiary/aromatic N) is 2. The molecular weight excluding hydrogens is 569 g/mol. The summed E-state index contributed by atoms with van der Waals surface area (Å²) in [5.74, 6) is 2.89. The Hall–Kier alpha value is -2.16. The zero-order chi connectivity index (χ0) is 34.8. The van der Waals surface area contributed by atoms with Gasteiger partial charge in [-0.1, -0.05) is 106 Å². The van der Waals surface area contributed by atoms with Crippen molar-refractivity contribution in [3.8, 4) is 0 Å². The summed E-state index contributed by atoms with van der Waals surface area (Å²) in [5.41, 5.74) is 6.40. The molecule has 2 aliphatic rings. The number of hydrogen-bond donors (Lipinski definition) is 0. The first-order chi connectivity index (χ1) is 21.8. The minimum atomic E-state index is 0.163. The zero-order valence-corrected chi connectivity index (χ0v) is 32.3. The lowest BCUT2D eigenvalue weighted by Gasteiger charge is -2.56. The van der Waals surface area contributed by atoms with Crippen molar-refractivity contribution >= 4 is 0 Å². The average Bonchev–Trinajstić information content (AvgIpc) is 2.96. The van der Waals surface area contributed by atoms with E-state index in [9.17, 15) is 0 Å². The van der Waals surface area contributed by atoms with Crippen LogP contribution in [0.2, 0.25) is 0 Å². The molecule has 0 saturated carbocycles. The van der Waals surface area contributed by atoms with Gasteiger partial charge >= 0.3 is 0 Å². The first-order valence-corrected chi connectivity index (χ1v) is 18.8. The molecule has 2 heteroatoms. The fraction of sp³-hybridized carbons (Fsp3) is 0.644. The lowest BCUT2D eigenvalue weighted by Crippen LogP contribution is -2.61. The van der Waals surface area contributed by atoms with E-state index >= 15 is 0 Å². The van der Waals surface area contributed by atoms with E-state index in [-0.39, 0.29) is 22.2 Å². The van der Waals surface area contributed by atoms with E-state index in [1.165, 1.54) is 48.0 Å². The van der Waals surface area contributed by atoms with Gasteiger partial charge in [0.25, 0.3) is 0 Å². The quantitative estimate of drug-likeness (QED) is 0.201. The molecular formula is C45H70N2. The van der Waals surface area contributed by atoms with Crippen molar-refractivity contribution in [2.24, 2.45) is 17.8 Å². The lowest BCUT2D eigenvalue weighted by atomic mass is 9.69. The fourth-order valence-electron chi connectivity index (χ4n) is 10.3. The molecule has 3 atom stereocenters. The monoisotopic (exact) mass is 639 g/mol. The van der Waals surface area contributed by atoms with Gasteiger partial charge in [-0.3, -0.25) is 9.80 Å². The van der Waals surface area contributed by atoms with Gasteiger partial charge in [0.2, 0.25) is 0 Å². The molecule has 0 spiro atoms. The third-order valence-corrected chi connectivity index (χ3v) is 12.1. The van der Waals surface area contributed by atoms with Crippen LogP contribution in [-0.4, -0.2) is 45.0 Å². The van der Waals surface area contributed by atoms with Crippen molar-refractivity contribution in [3.05, 3.63) is 96.1 Å². The summed E-state index contributed by atoms with van der Waals surface area (Å²) in [6, 6.07) is 22.1. The van der Waals surface area contributed by atoms with Crippen LogP contribution in [0.4, 0.5) is 0 Å². The number of allylic oxidation sites excluding steroid dienone is 2. The minimum Gasteiger partial charge on any atom is -0.292 e. The molecule has 0 amide bonds. The zero-order valence-electron chi connectivity index (χ0n) is 32.3. The lowest BCUT2D eigenvalue weighted by molar-refractivity contribution is -0.0549. The van der Waals surface area contributed by atoms with Gasteiger partial charge in [0, 0.05) is 35.2 Å². The molecule has 3 unspecified atom stereocenters. The van der Waals surface area contributed by atoms with Gasteiger partial charge < -0.3 is 0 Å². The van der Waals surface area contributed by atoms with Crippen molar-refractivity contribution in [1.29, 1.82) is 0 Å². The maximum atomic E-state index is 4.70. The summed E-state index contributed by atoms with van der Waals surface area (Å²) in [4.78, 5) is 5.61. The van der Waals surface area contributed by atoms with Crippen molar-refractivity contribution in [2.75, 3.05) is 13.1 Å². The molecule has 47 heavy (non-hydrogen) atoms. The molecule has 260 valence electrons. The number of likely N-dealkylation sites (tertiary alicyclic amines) is 2. The predicted molar refractivity (Wildman–Crippen MR) is 206 cm³/mol. The van der Waals surface area contributed by atoms with Gasteiger partial charge in [0.05, 0.1) is 0 Å². The Morgan fingerprint density at radius 2 is 0.936 bits per heavy atom. The Labute approximate surface area is 291 Å². The van der Waals surface area contributed by atoms with E-state index in [2.05, 4.69) is 153 Å². The average molecular weight is 639 g/mol. The standard InChI is InChI=1S/C45H70N2/c1-33(25-38-27-42(6,7)46(43(8,9)28-38)31-36(4)40-20-16-14-17-21-40)24-34(2)35(3)26-39-29-44(10,11)47(45(12,13)30-39)32-37(5)41-22-18-15-19-23-41/h14-23,34,36-39H,1,3,24-32H2,2,4-13H3. The first-order valence-electron chi connectivity index (χ1n) is 18.8. The van der Waals surface area contributed by atoms with E-state index in [1.54, 1.807) is 0 Å². The minimum absolute atomic E-state index is 0.163. The summed E-state index contributed by atoms with van der Waals surface area (Å²) in [6.45, 7) is 38.6. The smallest absolute Gasteiger partial charge is 0.0161 e. The Kier molecular flexibility index (Phi) is 11.8. The van der Waals surface area contributed by atoms with Crippen molar-refractivity contribution in [1.82, 2.24) is 9.80 Å². The van der Waals surface area contributed by atoms with Crippen LogP contribution in [0.5, 0.6) is 0 Å². The largest absolute Gasteiger partial charge is 0.292 e. The van der Waals surface area contributed by atoms with Gasteiger partial charge in [-0.2, -0.15) is 0 Å². The van der Waals surface area contributed by atoms with Crippen LogP contribution < -0.4 is 0 Å². The van der Waals surface area contributed by atoms with Crippen LogP contribution >= 0.6 is 0 Å². The van der Waals surface area contributed by atoms with E-state index in [0.29, 0.717) is 29.6 Å². The Bertz CT molecular complexity index is 1280. The maximum absolute atomic E-state index is 4.70. The van der Waals surface area contributed by atoms with E-state index in [4.69, 9.17) is 6.58 Å². The van der Waals surface area contributed by atoms with Crippen LogP contribution in [0.15, 0.2) is 85.0 Å². The molecule has 2 saturated heterocycles. The second-order valence-corrected chi connectivity index (χ2v) is 18.6. The summed E-state index contributed by atoms with van der Waals surface area (Å²) in [7, 11) is 0. The van der Waals surface area contributed by atoms with Crippen LogP contribution in [0, 0.1) is 17.8 Å². The van der Waals surface area contributed by atoms with Crippen molar-refractivity contribution < 1.29 is 0 Å². The van der Waals surface area contributed by atoms with Gasteiger partial charge in [0.15, 0.2) is 0 Å². The molecule has 2 heterocycles. The van der Waals surface area contributed by atoms with E-state index < -0.39 is 0 Å². The second-order valence-electron chi connectivity index (χ2n) is 18.6. The molecule has 0 N–H and O–H groups in total. The van der Waals surface area contributed by atoms with Crippen LogP contribution in [-0.2, 0) is 0 Å². The topological polar surface area (TPSA) is 6.48 Å². The molecule has 0 bridgehead atoms. The highest BCUT2D eigenvalue weighted by atomic mass is 15.3. The maximum Gasteiger partial charge on any atom is 0.0161 e. The molecule has 2 aromatic rings. The highest BCUT2D eigenvalue weighted by Crippen LogP contribution is 2.47. The Morgan fingerprint density at radius 3 is 1.30 bits per heavy atom. The second kappa shape index (κ2) is 14.8. The van der Waals surface area contributed by atoms with Crippen LogP contribution in [0.25, 0.3) is 0 Å². The van der Waals surface area contributed by atoms with Crippen molar-refractivity contribution in [3.63, 3.8) is 0 Å². The highest BCUT2D eigenvalue weighted by molar-refractivity contribution is 5.21. The molecule has 0 aromatic heterocycles. The SMILES string of the molecule is C=C(CC1CC(C)(C)N(CC(C)c2ccccc2)C(C)(C)C1)CC(C)C(=C)CC1CC(C)(C)N(CC(C)c2ccccc2)C(C)(C)C1. The molecule has 2 nitrogen and oxygen atoms in total. The number of benzene rings is 2. The van der Waals surface area contributed by atoms with Gasteiger partial charge in [0.1, 0.15) is 0 Å². The number of piperidine rings is 2. The molecule has 2 aromatic carbocycles. The summed E-state index contributed by atoms with van der Waals surface area (Å²) in [5, 5.41) is 0. The number of hydrogen-bond acceptors (Lipinski definition) is 2. The Morgan fingerprint density at radius 1 is 0.596 bits per heavy atom. The third kappa shape index (κ3) is 9.51. The molecule has 0 radical (unpaired) electrons. The van der Waals surface area contributed by atoms with E-state index in [0.717, 1.165) is 32.4 Å².